The van der Waals surface area contributed by atoms with Crippen molar-refractivity contribution in [1.29, 1.82) is 0 Å². The van der Waals surface area contributed by atoms with E-state index < -0.39 is 18.0 Å². The molecule has 0 radical (unpaired) electrons. The Kier molecular flexibility index (Phi) is 10.2. The number of amides is 2. The molecule has 0 aromatic rings. The van der Waals surface area contributed by atoms with Gasteiger partial charge in [0.25, 0.3) is 0 Å². The Morgan fingerprint density at radius 2 is 1.86 bits per heavy atom. The molecule has 3 rings (SSSR count). The fraction of sp³-hybridized carbons (Fsp3) is 0.739. The van der Waals surface area contributed by atoms with Crippen LogP contribution in [0.2, 0.25) is 5.31 Å². The van der Waals surface area contributed by atoms with Crippen LogP contribution in [-0.2, 0) is 26.9 Å². The molecule has 3 aliphatic rings. The number of rotatable bonds is 9. The van der Waals surface area contributed by atoms with Gasteiger partial charge in [0.1, 0.15) is 14.5 Å². The van der Waals surface area contributed by atoms with Crippen molar-refractivity contribution in [3.8, 4) is 11.8 Å². The summed E-state index contributed by atoms with van der Waals surface area (Å²) in [6.07, 6.45) is 3.03. The number of esters is 1. The highest BCUT2D eigenvalue weighted by atomic mass is 127. The van der Waals surface area contributed by atoms with Crippen LogP contribution in [0.3, 0.4) is 0 Å². The predicted molar refractivity (Wildman–Crippen MR) is 145 cm³/mol. The SMILES string of the molecule is BC12CCC#CCCC1(S)[C@@H]2COC(=O)NCCC(=O)N1CCN(CC(=O)OI)C(COC(C)=O)C1. The molecule has 0 aromatic carbocycles. The Labute approximate surface area is 232 Å². The Bertz CT molecular complexity index is 907. The van der Waals surface area contributed by atoms with E-state index in [0.717, 1.165) is 25.7 Å². The number of hydrogen-bond donors (Lipinski definition) is 2. The molecule has 4 atom stereocenters. The molecule has 0 aromatic heterocycles. The van der Waals surface area contributed by atoms with Crippen LogP contribution in [0, 0.1) is 17.8 Å². The first kappa shape index (κ1) is 28.9. The molecule has 13 heteroatoms. The van der Waals surface area contributed by atoms with E-state index in [9.17, 15) is 19.2 Å². The number of piperazine rings is 1. The average Bonchev–Trinajstić information content (AvgIpc) is 3.28. The minimum atomic E-state index is -0.547. The minimum Gasteiger partial charge on any atom is -0.464 e. The van der Waals surface area contributed by atoms with E-state index in [1.165, 1.54) is 29.9 Å². The lowest BCUT2D eigenvalue weighted by atomic mass is 9.74. The molecule has 1 aliphatic heterocycles. The highest BCUT2D eigenvalue weighted by Crippen LogP contribution is 2.74. The minimum absolute atomic E-state index is 0.0136. The fourth-order valence-electron chi connectivity index (χ4n) is 5.30. The Morgan fingerprint density at radius 3 is 2.56 bits per heavy atom. The van der Waals surface area contributed by atoms with Crippen LogP contribution in [0.25, 0.3) is 0 Å². The van der Waals surface area contributed by atoms with Gasteiger partial charge in [-0.05, 0) is 18.2 Å². The molecule has 1 saturated heterocycles. The van der Waals surface area contributed by atoms with E-state index in [1.54, 1.807) is 4.90 Å². The maximum absolute atomic E-state index is 12.7. The number of nitrogens with zero attached hydrogens (tertiary/aromatic N) is 2. The van der Waals surface area contributed by atoms with Gasteiger partial charge in [-0.25, -0.2) is 9.59 Å². The zero-order valence-electron chi connectivity index (χ0n) is 20.7. The zero-order chi connectivity index (χ0) is 26.3. The lowest BCUT2D eigenvalue weighted by Gasteiger charge is -2.40. The van der Waals surface area contributed by atoms with Crippen LogP contribution in [0.5, 0.6) is 0 Å². The maximum atomic E-state index is 12.7. The third-order valence-electron chi connectivity index (χ3n) is 7.62. The molecule has 36 heavy (non-hydrogen) atoms. The van der Waals surface area contributed by atoms with Crippen molar-refractivity contribution >= 4 is 67.4 Å². The van der Waals surface area contributed by atoms with Crippen LogP contribution in [0.15, 0.2) is 0 Å². The summed E-state index contributed by atoms with van der Waals surface area (Å²) in [5, 5.41) is 2.67. The number of alkyl carbamates (subject to hydrolysis) is 1. The first-order valence-corrected chi connectivity index (χ1v) is 13.5. The second-order valence-corrected chi connectivity index (χ2v) is 11.0. The van der Waals surface area contributed by atoms with Crippen molar-refractivity contribution < 1.29 is 31.7 Å². The van der Waals surface area contributed by atoms with Gasteiger partial charge in [0, 0.05) is 63.0 Å². The summed E-state index contributed by atoms with van der Waals surface area (Å²) < 4.78 is 15.1. The molecule has 1 saturated carbocycles. The average molecular weight is 633 g/mol. The normalized spacial score (nSPS) is 29.4. The monoisotopic (exact) mass is 633 g/mol. The zero-order valence-corrected chi connectivity index (χ0v) is 23.8. The highest BCUT2D eigenvalue weighted by molar-refractivity contribution is 14.1. The summed E-state index contributed by atoms with van der Waals surface area (Å²) in [7, 11) is 2.19. The molecule has 198 valence electrons. The number of ether oxygens (including phenoxy) is 2. The van der Waals surface area contributed by atoms with Crippen LogP contribution in [0.1, 0.15) is 39.0 Å². The molecule has 2 fully saturated rings. The van der Waals surface area contributed by atoms with E-state index in [2.05, 4.69) is 25.0 Å². The molecule has 2 amide bonds. The highest BCUT2D eigenvalue weighted by Gasteiger charge is 2.70. The molecule has 1 heterocycles. The van der Waals surface area contributed by atoms with Gasteiger partial charge in [-0.2, -0.15) is 12.6 Å². The summed E-state index contributed by atoms with van der Waals surface area (Å²) in [6, 6.07) is -0.323. The topological polar surface area (TPSA) is 114 Å². The van der Waals surface area contributed by atoms with Crippen molar-refractivity contribution in [3.05, 3.63) is 0 Å². The van der Waals surface area contributed by atoms with E-state index >= 15 is 0 Å². The smallest absolute Gasteiger partial charge is 0.407 e. The fourth-order valence-corrected chi connectivity index (χ4v) is 6.11. The number of carbonyl (C=O) groups excluding carboxylic acids is 4. The molecule has 10 nitrogen and oxygen atoms in total. The molecule has 0 bridgehead atoms. The van der Waals surface area contributed by atoms with Crippen LogP contribution in [0.4, 0.5) is 4.79 Å². The van der Waals surface area contributed by atoms with Gasteiger partial charge < -0.3 is 22.8 Å². The van der Waals surface area contributed by atoms with Gasteiger partial charge in [-0.15, -0.1) is 11.8 Å². The second-order valence-electron chi connectivity index (χ2n) is 9.74. The largest absolute Gasteiger partial charge is 0.464 e. The van der Waals surface area contributed by atoms with E-state index in [-0.39, 0.29) is 54.0 Å². The van der Waals surface area contributed by atoms with E-state index in [4.69, 9.17) is 25.2 Å². The first-order chi connectivity index (χ1) is 17.1. The number of halogens is 1. The third-order valence-corrected chi connectivity index (χ3v) is 9.16. The van der Waals surface area contributed by atoms with Gasteiger partial charge in [-0.1, -0.05) is 0 Å². The summed E-state index contributed by atoms with van der Waals surface area (Å²) in [5.74, 6) is 5.55. The second kappa shape index (κ2) is 12.7. The molecule has 2 aliphatic carbocycles. The first-order valence-electron chi connectivity index (χ1n) is 12.2. The maximum Gasteiger partial charge on any atom is 0.407 e. The van der Waals surface area contributed by atoms with Crippen molar-refractivity contribution in [2.45, 2.75) is 55.1 Å². The van der Waals surface area contributed by atoms with Gasteiger partial charge in [0.05, 0.1) is 19.2 Å². The van der Waals surface area contributed by atoms with Crippen LogP contribution < -0.4 is 5.32 Å². The molecular weight excluding hydrogens is 600 g/mol. The number of hydrogen-bond acceptors (Lipinski definition) is 9. The van der Waals surface area contributed by atoms with Crippen LogP contribution in [-0.4, -0.2) is 98.3 Å². The van der Waals surface area contributed by atoms with E-state index in [1.807, 2.05) is 4.90 Å². The van der Waals surface area contributed by atoms with Gasteiger partial charge in [-0.3, -0.25) is 14.5 Å². The summed E-state index contributed by atoms with van der Waals surface area (Å²) in [5.41, 5.74) is 0. The number of nitrogens with one attached hydrogen (secondary N) is 1. The standard InChI is InChI=1S/C23H33BIN3O7S/c1-16(29)33-14-17-12-28(11-10-27(17)13-20(31)35-25)19(30)6-9-26-21(32)34-15-18-22(24)7-4-2-3-5-8-23(18,22)36/h17-18,36H,4-15,24H2,1H3,(H,26,32)/t17?,18-,22?,23?/m1/s1. The quantitative estimate of drug-likeness (QED) is 0.126. The van der Waals surface area contributed by atoms with Crippen molar-refractivity contribution in [3.63, 3.8) is 0 Å². The van der Waals surface area contributed by atoms with E-state index in [0.29, 0.717) is 26.2 Å². The third kappa shape index (κ3) is 7.01. The summed E-state index contributed by atoms with van der Waals surface area (Å²) >= 11 is 6.45. The van der Waals surface area contributed by atoms with Crippen LogP contribution >= 0.6 is 35.6 Å². The Balaban J connectivity index is 1.40. The van der Waals surface area contributed by atoms with Gasteiger partial charge >= 0.3 is 18.0 Å². The van der Waals surface area contributed by atoms with Gasteiger partial charge in [0.2, 0.25) is 5.91 Å². The Hall–Kier alpha value is -1.66. The van der Waals surface area contributed by atoms with Crippen molar-refractivity contribution in [2.24, 2.45) is 5.92 Å². The molecule has 0 spiro atoms. The lowest BCUT2D eigenvalue weighted by molar-refractivity contribution is -0.145. The molecular formula is C23H33BIN3O7S. The number of thiol groups is 1. The summed E-state index contributed by atoms with van der Waals surface area (Å²) in [4.78, 5) is 51.4. The van der Waals surface area contributed by atoms with Crippen molar-refractivity contribution in [1.82, 2.24) is 15.1 Å². The van der Waals surface area contributed by atoms with Gasteiger partial charge in [0.15, 0.2) is 23.0 Å². The molecule has 1 N–H and O–H groups in total. The number of fused-ring (bicyclic) bond motifs is 1. The molecule has 3 unspecified atom stereocenters. The predicted octanol–water partition coefficient (Wildman–Crippen LogP) is 0.739. The summed E-state index contributed by atoms with van der Waals surface area (Å²) in [6.45, 7) is 3.03. The number of carbonyl (C=O) groups is 4. The Morgan fingerprint density at radius 1 is 1.14 bits per heavy atom. The lowest BCUT2D eigenvalue weighted by Crippen LogP contribution is -2.57. The van der Waals surface area contributed by atoms with Crippen molar-refractivity contribution in [2.75, 3.05) is 45.9 Å².